The summed E-state index contributed by atoms with van der Waals surface area (Å²) in [6, 6.07) is 7.04. The van der Waals surface area contributed by atoms with Crippen LogP contribution in [0, 0.1) is 5.92 Å². The highest BCUT2D eigenvalue weighted by Crippen LogP contribution is 2.25. The third-order valence-electron chi connectivity index (χ3n) is 3.23. The van der Waals surface area contributed by atoms with E-state index in [2.05, 4.69) is 59.4 Å². The molecule has 0 bridgehead atoms. The summed E-state index contributed by atoms with van der Waals surface area (Å²) in [4.78, 5) is 0. The molecular formula is C17H26. The van der Waals surface area contributed by atoms with Gasteiger partial charge in [-0.2, -0.15) is 0 Å². The number of hydrogen-bond acceptors (Lipinski definition) is 0. The van der Waals surface area contributed by atoms with Crippen molar-refractivity contribution >= 4 is 0 Å². The third kappa shape index (κ3) is 4.03. The Morgan fingerprint density at radius 2 is 1.59 bits per heavy atom. The van der Waals surface area contributed by atoms with E-state index in [1.807, 2.05) is 6.08 Å². The smallest absolute Gasteiger partial charge is 0.00129 e. The van der Waals surface area contributed by atoms with E-state index in [0.29, 0.717) is 17.8 Å². The van der Waals surface area contributed by atoms with E-state index in [1.165, 1.54) is 16.7 Å². The van der Waals surface area contributed by atoms with Crippen molar-refractivity contribution < 1.29 is 0 Å². The molecule has 0 spiro atoms. The zero-order valence-corrected chi connectivity index (χ0v) is 12.0. The van der Waals surface area contributed by atoms with Crippen LogP contribution in [0.15, 0.2) is 30.9 Å². The first-order valence-electron chi connectivity index (χ1n) is 6.70. The molecule has 1 aromatic carbocycles. The van der Waals surface area contributed by atoms with E-state index in [0.717, 1.165) is 6.42 Å². The highest BCUT2D eigenvalue weighted by Gasteiger charge is 2.08. The van der Waals surface area contributed by atoms with Gasteiger partial charge in [0, 0.05) is 0 Å². The minimum absolute atomic E-state index is 0.444. The van der Waals surface area contributed by atoms with E-state index >= 15 is 0 Å². The van der Waals surface area contributed by atoms with Crippen molar-refractivity contribution in [3.8, 4) is 0 Å². The zero-order chi connectivity index (χ0) is 13.0. The van der Waals surface area contributed by atoms with Gasteiger partial charge >= 0.3 is 0 Å². The Morgan fingerprint density at radius 1 is 1.00 bits per heavy atom. The van der Waals surface area contributed by atoms with Gasteiger partial charge in [0.2, 0.25) is 0 Å². The van der Waals surface area contributed by atoms with Gasteiger partial charge in [-0.25, -0.2) is 0 Å². The van der Waals surface area contributed by atoms with Gasteiger partial charge in [0.15, 0.2) is 0 Å². The summed E-state index contributed by atoms with van der Waals surface area (Å²) < 4.78 is 0. The second kappa shape index (κ2) is 6.05. The molecule has 0 aliphatic rings. The van der Waals surface area contributed by atoms with Crippen molar-refractivity contribution in [3.63, 3.8) is 0 Å². The van der Waals surface area contributed by atoms with Crippen molar-refractivity contribution in [2.24, 2.45) is 5.92 Å². The number of rotatable bonds is 5. The molecule has 1 aromatic rings. The summed E-state index contributed by atoms with van der Waals surface area (Å²) in [7, 11) is 0. The predicted molar refractivity (Wildman–Crippen MR) is 77.7 cm³/mol. The minimum atomic E-state index is 0.444. The first kappa shape index (κ1) is 14.0. The van der Waals surface area contributed by atoms with E-state index < -0.39 is 0 Å². The van der Waals surface area contributed by atoms with E-state index in [1.54, 1.807) is 0 Å². The molecule has 0 aliphatic carbocycles. The lowest BCUT2D eigenvalue weighted by atomic mass is 9.90. The molecule has 17 heavy (non-hydrogen) atoms. The van der Waals surface area contributed by atoms with Crippen LogP contribution in [0.2, 0.25) is 0 Å². The number of hydrogen-bond donors (Lipinski definition) is 0. The highest BCUT2D eigenvalue weighted by molar-refractivity contribution is 5.35. The SMILES string of the molecule is C=CC(C)c1cc(CC(C)C)cc(C(C)C)c1. The second-order valence-electron chi connectivity index (χ2n) is 5.78. The summed E-state index contributed by atoms with van der Waals surface area (Å²) >= 11 is 0. The maximum atomic E-state index is 3.90. The summed E-state index contributed by atoms with van der Waals surface area (Å²) in [5.74, 6) is 1.75. The molecule has 0 amide bonds. The molecule has 0 radical (unpaired) electrons. The third-order valence-corrected chi connectivity index (χ3v) is 3.23. The molecule has 0 aliphatic heterocycles. The van der Waals surface area contributed by atoms with E-state index in [4.69, 9.17) is 0 Å². The van der Waals surface area contributed by atoms with Crippen molar-refractivity contribution in [1.82, 2.24) is 0 Å². The van der Waals surface area contributed by atoms with Crippen LogP contribution in [-0.2, 0) is 6.42 Å². The molecule has 0 fully saturated rings. The van der Waals surface area contributed by atoms with Crippen molar-refractivity contribution in [3.05, 3.63) is 47.5 Å². The lowest BCUT2D eigenvalue weighted by Crippen LogP contribution is -2.00. The normalized spacial score (nSPS) is 13.1. The van der Waals surface area contributed by atoms with E-state index in [-0.39, 0.29) is 0 Å². The Labute approximate surface area is 107 Å². The Balaban J connectivity index is 3.13. The van der Waals surface area contributed by atoms with Gasteiger partial charge in [0.05, 0.1) is 0 Å². The molecule has 94 valence electrons. The standard InChI is InChI=1S/C17H26/c1-7-14(6)17-10-15(8-12(2)3)9-16(11-17)13(4)5/h7,9-14H,1,8H2,2-6H3. The maximum Gasteiger partial charge on any atom is -0.00129 e. The van der Waals surface area contributed by atoms with Crippen LogP contribution >= 0.6 is 0 Å². The van der Waals surface area contributed by atoms with Gasteiger partial charge in [-0.3, -0.25) is 0 Å². The van der Waals surface area contributed by atoms with Crippen LogP contribution in [0.25, 0.3) is 0 Å². The highest BCUT2D eigenvalue weighted by atomic mass is 14.1. The van der Waals surface area contributed by atoms with E-state index in [9.17, 15) is 0 Å². The Hall–Kier alpha value is -1.04. The number of allylic oxidation sites excluding steroid dienone is 1. The largest absolute Gasteiger partial charge is 0.102 e. The van der Waals surface area contributed by atoms with Gasteiger partial charge in [0.25, 0.3) is 0 Å². The first-order chi connectivity index (χ1) is 7.93. The molecule has 0 saturated heterocycles. The van der Waals surface area contributed by atoms with Crippen LogP contribution in [0.1, 0.15) is 63.1 Å². The fourth-order valence-corrected chi connectivity index (χ4v) is 2.07. The molecule has 0 saturated carbocycles. The lowest BCUT2D eigenvalue weighted by molar-refractivity contribution is 0.645. The molecule has 0 heterocycles. The lowest BCUT2D eigenvalue weighted by Gasteiger charge is -2.15. The molecule has 1 atom stereocenters. The Morgan fingerprint density at radius 3 is 2.06 bits per heavy atom. The van der Waals surface area contributed by atoms with Crippen LogP contribution in [0.5, 0.6) is 0 Å². The number of benzene rings is 1. The molecular weight excluding hydrogens is 204 g/mol. The van der Waals surface area contributed by atoms with Gasteiger partial charge in [-0.15, -0.1) is 6.58 Å². The Kier molecular flexibility index (Phi) is 4.99. The van der Waals surface area contributed by atoms with Crippen LogP contribution < -0.4 is 0 Å². The fraction of sp³-hybridized carbons (Fsp3) is 0.529. The van der Waals surface area contributed by atoms with Crippen molar-refractivity contribution in [2.75, 3.05) is 0 Å². The van der Waals surface area contributed by atoms with Crippen LogP contribution in [0.4, 0.5) is 0 Å². The first-order valence-corrected chi connectivity index (χ1v) is 6.70. The van der Waals surface area contributed by atoms with Crippen LogP contribution in [-0.4, -0.2) is 0 Å². The van der Waals surface area contributed by atoms with Gasteiger partial charge in [-0.05, 0) is 40.9 Å². The monoisotopic (exact) mass is 230 g/mol. The van der Waals surface area contributed by atoms with Crippen molar-refractivity contribution in [1.29, 1.82) is 0 Å². The summed E-state index contributed by atoms with van der Waals surface area (Å²) in [6.45, 7) is 15.2. The molecule has 0 heteroatoms. The predicted octanol–water partition coefficient (Wildman–Crippen LogP) is 5.30. The van der Waals surface area contributed by atoms with Crippen LogP contribution in [0.3, 0.4) is 0 Å². The summed E-state index contributed by atoms with van der Waals surface area (Å²) in [5, 5.41) is 0. The van der Waals surface area contributed by atoms with Gasteiger partial charge < -0.3 is 0 Å². The second-order valence-corrected chi connectivity index (χ2v) is 5.78. The topological polar surface area (TPSA) is 0 Å². The van der Waals surface area contributed by atoms with Crippen molar-refractivity contribution in [2.45, 2.75) is 52.9 Å². The van der Waals surface area contributed by atoms with Gasteiger partial charge in [0.1, 0.15) is 0 Å². The summed E-state index contributed by atoms with van der Waals surface area (Å²) in [5.41, 5.74) is 4.32. The molecule has 0 N–H and O–H groups in total. The average molecular weight is 230 g/mol. The maximum absolute atomic E-state index is 3.90. The Bertz CT molecular complexity index is 372. The molecule has 0 nitrogen and oxygen atoms in total. The zero-order valence-electron chi connectivity index (χ0n) is 12.0. The molecule has 1 rings (SSSR count). The quantitative estimate of drug-likeness (QED) is 0.602. The summed E-state index contributed by atoms with van der Waals surface area (Å²) in [6.07, 6.45) is 3.19. The van der Waals surface area contributed by atoms with Gasteiger partial charge in [-0.1, -0.05) is 58.9 Å². The minimum Gasteiger partial charge on any atom is -0.102 e. The fourth-order valence-electron chi connectivity index (χ4n) is 2.07. The molecule has 0 aromatic heterocycles. The average Bonchev–Trinajstić information content (AvgIpc) is 2.26. The molecule has 1 unspecified atom stereocenters.